The van der Waals surface area contributed by atoms with Gasteiger partial charge in [-0.05, 0) is 36.5 Å². The topological polar surface area (TPSA) is 99.9 Å². The highest BCUT2D eigenvalue weighted by molar-refractivity contribution is 7.90. The van der Waals surface area contributed by atoms with E-state index in [0.717, 1.165) is 12.8 Å². The van der Waals surface area contributed by atoms with E-state index in [2.05, 4.69) is 34.1 Å². The van der Waals surface area contributed by atoms with Gasteiger partial charge in [0.25, 0.3) is 5.91 Å². The van der Waals surface area contributed by atoms with Crippen molar-refractivity contribution in [2.75, 3.05) is 5.32 Å². The van der Waals surface area contributed by atoms with Gasteiger partial charge in [-0.2, -0.15) is 0 Å². The zero-order chi connectivity index (χ0) is 23.6. The molecular weight excluding hydrogens is 458 g/mol. The van der Waals surface area contributed by atoms with Crippen LogP contribution >= 0.6 is 11.6 Å². The van der Waals surface area contributed by atoms with E-state index < -0.39 is 9.92 Å². The molecule has 0 spiro atoms. The maximum Gasteiger partial charge on any atom is 0.272 e. The van der Waals surface area contributed by atoms with E-state index in [0.29, 0.717) is 21.8 Å². The Morgan fingerprint density at radius 3 is 2.82 bits per heavy atom. The molecule has 2 aromatic heterocycles. The van der Waals surface area contributed by atoms with Gasteiger partial charge in [-0.25, -0.2) is 18.7 Å². The average Bonchev–Trinajstić information content (AvgIpc) is 3.06. The molecule has 7 nitrogen and oxygen atoms in total. The molecule has 0 saturated carbocycles. The molecule has 9 heteroatoms. The second kappa shape index (κ2) is 9.51. The Labute approximate surface area is 199 Å². The van der Waals surface area contributed by atoms with Gasteiger partial charge in [-0.15, -0.1) is 0 Å². The van der Waals surface area contributed by atoms with Crippen molar-refractivity contribution >= 4 is 39.2 Å². The zero-order valence-corrected chi connectivity index (χ0v) is 20.0. The molecule has 0 radical (unpaired) electrons. The summed E-state index contributed by atoms with van der Waals surface area (Å²) in [5.41, 5.74) is 2.56. The predicted molar refractivity (Wildman–Crippen MR) is 132 cm³/mol. The normalized spacial score (nSPS) is 20.6. The minimum Gasteiger partial charge on any atom is -0.345 e. The molecule has 1 amide bonds. The molecule has 1 aliphatic heterocycles. The number of anilines is 1. The number of halogens is 1. The summed E-state index contributed by atoms with van der Waals surface area (Å²) in [6.07, 6.45) is 8.58. The first-order valence-electron chi connectivity index (χ1n) is 10.6. The second-order valence-electron chi connectivity index (χ2n) is 8.25. The number of hydrogen-bond donors (Lipinski definition) is 3. The summed E-state index contributed by atoms with van der Waals surface area (Å²) in [5, 5.41) is 3.07. The Morgan fingerprint density at radius 1 is 1.33 bits per heavy atom. The monoisotopic (exact) mass is 483 g/mol. The Morgan fingerprint density at radius 2 is 2.09 bits per heavy atom. The SMILES string of the molecule is C[C@@H](CCc1ccccc1)C1C=Cc2c(cn(C)c2C(=O)Nc2ccnc(Cl)c2)S(=N)(=O)N1. The van der Waals surface area contributed by atoms with Gasteiger partial charge in [0.15, 0.2) is 0 Å². The molecule has 172 valence electrons. The van der Waals surface area contributed by atoms with Crippen LogP contribution in [0, 0.1) is 10.7 Å². The van der Waals surface area contributed by atoms with E-state index in [1.54, 1.807) is 29.9 Å². The fourth-order valence-electron chi connectivity index (χ4n) is 3.98. The van der Waals surface area contributed by atoms with E-state index in [4.69, 9.17) is 16.4 Å². The molecule has 0 bridgehead atoms. The number of pyridine rings is 1. The van der Waals surface area contributed by atoms with Crippen LogP contribution in [0.15, 0.2) is 65.8 Å². The van der Waals surface area contributed by atoms with Crippen LogP contribution in [-0.4, -0.2) is 25.7 Å². The maximum atomic E-state index is 13.4. The van der Waals surface area contributed by atoms with Crippen molar-refractivity contribution in [3.8, 4) is 0 Å². The average molecular weight is 484 g/mol. The van der Waals surface area contributed by atoms with Crippen LogP contribution in [0.1, 0.15) is 35.0 Å². The van der Waals surface area contributed by atoms with Crippen molar-refractivity contribution in [2.45, 2.75) is 30.7 Å². The summed E-state index contributed by atoms with van der Waals surface area (Å²) in [6, 6.07) is 13.1. The van der Waals surface area contributed by atoms with Gasteiger partial charge < -0.3 is 9.88 Å². The number of fused-ring (bicyclic) bond motifs is 1. The number of carbonyl (C=O) groups excluding carboxylic acids is 1. The number of rotatable bonds is 6. The lowest BCUT2D eigenvalue weighted by molar-refractivity contribution is 0.101. The van der Waals surface area contributed by atoms with E-state index in [9.17, 15) is 9.00 Å². The predicted octanol–water partition coefficient (Wildman–Crippen LogP) is 4.90. The first-order chi connectivity index (χ1) is 15.7. The third-order valence-corrected chi connectivity index (χ3v) is 7.57. The Bertz CT molecular complexity index is 1300. The Hall–Kier alpha value is -2.94. The summed E-state index contributed by atoms with van der Waals surface area (Å²) >= 11 is 5.92. The number of aryl methyl sites for hydroxylation is 2. The summed E-state index contributed by atoms with van der Waals surface area (Å²) in [5.74, 6) is -0.238. The molecule has 3 N–H and O–H groups in total. The van der Waals surface area contributed by atoms with E-state index in [-0.39, 0.29) is 23.0 Å². The lowest BCUT2D eigenvalue weighted by atomic mass is 9.94. The molecule has 0 saturated heterocycles. The minimum absolute atomic E-state index is 0.140. The van der Waals surface area contributed by atoms with Crippen LogP contribution in [0.5, 0.6) is 0 Å². The van der Waals surface area contributed by atoms with Gasteiger partial charge >= 0.3 is 0 Å². The number of aromatic nitrogens is 2. The third-order valence-electron chi connectivity index (χ3n) is 5.81. The van der Waals surface area contributed by atoms with Gasteiger partial charge in [0.1, 0.15) is 20.8 Å². The molecule has 0 aliphatic carbocycles. The number of hydrogen-bond acceptors (Lipinski definition) is 4. The van der Waals surface area contributed by atoms with Crippen molar-refractivity contribution in [3.05, 3.63) is 82.9 Å². The van der Waals surface area contributed by atoms with E-state index in [1.807, 2.05) is 30.4 Å². The lowest BCUT2D eigenvalue weighted by Crippen LogP contribution is -2.36. The molecule has 3 aromatic rings. The summed E-state index contributed by atoms with van der Waals surface area (Å²) in [4.78, 5) is 17.3. The van der Waals surface area contributed by atoms with Crippen molar-refractivity contribution in [2.24, 2.45) is 13.0 Å². The van der Waals surface area contributed by atoms with Gasteiger partial charge in [0.2, 0.25) is 0 Å². The molecule has 3 heterocycles. The van der Waals surface area contributed by atoms with Gasteiger partial charge in [0.05, 0.1) is 4.90 Å². The Balaban J connectivity index is 1.58. The van der Waals surface area contributed by atoms with Gasteiger partial charge in [0, 0.05) is 36.7 Å². The first kappa shape index (κ1) is 23.2. The largest absolute Gasteiger partial charge is 0.345 e. The second-order valence-corrected chi connectivity index (χ2v) is 10.4. The van der Waals surface area contributed by atoms with Crippen LogP contribution in [0.4, 0.5) is 5.69 Å². The molecule has 3 atom stereocenters. The first-order valence-corrected chi connectivity index (χ1v) is 12.6. The van der Waals surface area contributed by atoms with E-state index in [1.165, 1.54) is 11.8 Å². The summed E-state index contributed by atoms with van der Waals surface area (Å²) < 4.78 is 26.6. The number of nitrogens with zero attached hydrogens (tertiary/aromatic N) is 2. The fourth-order valence-corrected chi connectivity index (χ4v) is 5.75. The molecule has 33 heavy (non-hydrogen) atoms. The fraction of sp³-hybridized carbons (Fsp3) is 0.250. The molecule has 2 unspecified atom stereocenters. The van der Waals surface area contributed by atoms with Crippen molar-refractivity contribution in [3.63, 3.8) is 0 Å². The maximum absolute atomic E-state index is 13.4. The zero-order valence-electron chi connectivity index (χ0n) is 18.4. The van der Waals surface area contributed by atoms with Crippen molar-refractivity contribution < 1.29 is 9.00 Å². The smallest absolute Gasteiger partial charge is 0.272 e. The highest BCUT2D eigenvalue weighted by Gasteiger charge is 2.30. The third kappa shape index (κ3) is 5.19. The molecule has 1 aliphatic rings. The summed E-state index contributed by atoms with van der Waals surface area (Å²) in [6.45, 7) is 2.08. The number of amides is 1. The highest BCUT2D eigenvalue weighted by atomic mass is 35.5. The van der Waals surface area contributed by atoms with Crippen LogP contribution < -0.4 is 10.0 Å². The van der Waals surface area contributed by atoms with Crippen LogP contribution in [0.2, 0.25) is 5.15 Å². The number of benzene rings is 1. The molecule has 0 fully saturated rings. The molecule has 1 aromatic carbocycles. The molecular formula is C24H26ClN5O2S. The van der Waals surface area contributed by atoms with Gasteiger partial charge in [-0.3, -0.25) is 4.79 Å². The van der Waals surface area contributed by atoms with Gasteiger partial charge in [-0.1, -0.05) is 61.0 Å². The van der Waals surface area contributed by atoms with Crippen molar-refractivity contribution in [1.82, 2.24) is 14.3 Å². The number of nitrogens with one attached hydrogen (secondary N) is 3. The summed E-state index contributed by atoms with van der Waals surface area (Å²) in [7, 11) is -1.61. The lowest BCUT2D eigenvalue weighted by Gasteiger charge is -2.22. The standard InChI is InChI=1S/C24H26ClN5O2S/c1-16(8-9-17-6-4-3-5-7-17)20-11-10-19-21(33(26,32)29-20)15-30(2)23(19)24(31)28-18-12-13-27-22(25)14-18/h3-7,10-16,20H,8-9H2,1-2H3,(H2,26,29,32)(H,27,28,31)/t16-,20?,33?/m0/s1. The number of carbonyl (C=O) groups is 1. The van der Waals surface area contributed by atoms with Crippen molar-refractivity contribution in [1.29, 1.82) is 4.78 Å². The molecule has 4 rings (SSSR count). The van der Waals surface area contributed by atoms with E-state index >= 15 is 0 Å². The Kier molecular flexibility index (Phi) is 6.69. The van der Waals surface area contributed by atoms with Crippen LogP contribution in [-0.2, 0) is 23.4 Å². The highest BCUT2D eigenvalue weighted by Crippen LogP contribution is 2.29. The van der Waals surface area contributed by atoms with Crippen LogP contribution in [0.3, 0.4) is 0 Å². The quantitative estimate of drug-likeness (QED) is 0.435. The van der Waals surface area contributed by atoms with Crippen LogP contribution in [0.25, 0.3) is 6.08 Å². The minimum atomic E-state index is -3.31.